The molecular formula is C25H27F3N4O2. The number of pyridine rings is 1. The van der Waals surface area contributed by atoms with E-state index in [1.54, 1.807) is 6.92 Å². The first kappa shape index (κ1) is 22.8. The van der Waals surface area contributed by atoms with Crippen molar-refractivity contribution >= 4 is 17.0 Å². The van der Waals surface area contributed by atoms with Crippen molar-refractivity contribution in [1.29, 1.82) is 0 Å². The fourth-order valence-electron chi connectivity index (χ4n) is 4.99. The van der Waals surface area contributed by atoms with Gasteiger partial charge in [0.25, 0.3) is 11.6 Å². The molecule has 3 heterocycles. The van der Waals surface area contributed by atoms with Gasteiger partial charge in [0, 0.05) is 30.7 Å². The monoisotopic (exact) mass is 472 g/mol. The Balaban J connectivity index is 1.60. The molecule has 0 radical (unpaired) electrons. The predicted molar refractivity (Wildman–Crippen MR) is 121 cm³/mol. The molecule has 0 unspecified atom stereocenters. The van der Waals surface area contributed by atoms with Crippen molar-refractivity contribution in [2.24, 2.45) is 0 Å². The van der Waals surface area contributed by atoms with Crippen LogP contribution in [-0.4, -0.2) is 57.6 Å². The first-order valence-electron chi connectivity index (χ1n) is 11.8. The zero-order valence-corrected chi connectivity index (χ0v) is 19.2. The summed E-state index contributed by atoms with van der Waals surface area (Å²) in [6, 6.07) is 7.02. The summed E-state index contributed by atoms with van der Waals surface area (Å²) in [6.07, 6.45) is -0.893. The van der Waals surface area contributed by atoms with Crippen LogP contribution in [0.25, 0.3) is 22.4 Å². The van der Waals surface area contributed by atoms with Gasteiger partial charge in [0.05, 0.1) is 27.9 Å². The van der Waals surface area contributed by atoms with Gasteiger partial charge in [-0.05, 0) is 51.3 Å². The number of aryl methyl sites for hydroxylation is 1. The average Bonchev–Trinajstić information content (AvgIpc) is 3.60. The summed E-state index contributed by atoms with van der Waals surface area (Å²) in [7, 11) is 0. The molecule has 1 saturated heterocycles. The van der Waals surface area contributed by atoms with E-state index in [4.69, 9.17) is 4.52 Å². The molecule has 1 amide bonds. The number of hydrogen-bond acceptors (Lipinski definition) is 5. The van der Waals surface area contributed by atoms with E-state index in [1.165, 1.54) is 24.3 Å². The minimum Gasteiger partial charge on any atom is -0.335 e. The van der Waals surface area contributed by atoms with E-state index < -0.39 is 11.7 Å². The molecule has 1 aliphatic carbocycles. The molecule has 34 heavy (non-hydrogen) atoms. The van der Waals surface area contributed by atoms with Crippen LogP contribution < -0.4 is 0 Å². The molecule has 0 bridgehead atoms. The Morgan fingerprint density at radius 1 is 1.15 bits per heavy atom. The molecule has 0 N–H and O–H groups in total. The summed E-state index contributed by atoms with van der Waals surface area (Å²) in [6.45, 7) is 6.69. The second-order valence-electron chi connectivity index (χ2n) is 9.16. The summed E-state index contributed by atoms with van der Waals surface area (Å²) in [5.41, 5.74) is 0.0404. The molecule has 9 heteroatoms. The number of rotatable bonds is 5. The fourth-order valence-corrected chi connectivity index (χ4v) is 4.99. The Morgan fingerprint density at radius 3 is 2.47 bits per heavy atom. The maximum atomic E-state index is 14.0. The summed E-state index contributed by atoms with van der Waals surface area (Å²) >= 11 is 0. The van der Waals surface area contributed by atoms with Crippen molar-refractivity contribution < 1.29 is 22.5 Å². The largest absolute Gasteiger partial charge is 0.417 e. The molecule has 5 rings (SSSR count). The van der Waals surface area contributed by atoms with Gasteiger partial charge >= 0.3 is 6.18 Å². The number of nitrogens with zero attached hydrogens (tertiary/aromatic N) is 4. The smallest absolute Gasteiger partial charge is 0.335 e. The first-order chi connectivity index (χ1) is 16.3. The number of likely N-dealkylation sites (tertiary alicyclic amines) is 1. The molecule has 1 aliphatic heterocycles. The highest BCUT2D eigenvalue weighted by atomic mass is 19.4. The van der Waals surface area contributed by atoms with Crippen LogP contribution in [0.3, 0.4) is 0 Å². The van der Waals surface area contributed by atoms with Crippen LogP contribution in [0.5, 0.6) is 0 Å². The zero-order valence-electron chi connectivity index (χ0n) is 19.2. The van der Waals surface area contributed by atoms with E-state index in [9.17, 15) is 18.0 Å². The van der Waals surface area contributed by atoms with Crippen LogP contribution in [0, 0.1) is 6.92 Å². The van der Waals surface area contributed by atoms with E-state index >= 15 is 0 Å². The van der Waals surface area contributed by atoms with Gasteiger partial charge in [0.2, 0.25) is 0 Å². The number of aromatic nitrogens is 2. The maximum Gasteiger partial charge on any atom is 0.417 e. The molecule has 180 valence electrons. The van der Waals surface area contributed by atoms with E-state index in [2.05, 4.69) is 22.0 Å². The molecule has 3 aromatic rings. The third kappa shape index (κ3) is 4.17. The Labute approximate surface area is 195 Å². The van der Waals surface area contributed by atoms with Gasteiger partial charge in [-0.1, -0.05) is 30.3 Å². The van der Waals surface area contributed by atoms with Gasteiger partial charge in [-0.25, -0.2) is 4.98 Å². The van der Waals surface area contributed by atoms with Crippen molar-refractivity contribution in [1.82, 2.24) is 19.9 Å². The van der Waals surface area contributed by atoms with Crippen molar-refractivity contribution in [3.8, 4) is 11.3 Å². The van der Waals surface area contributed by atoms with Crippen LogP contribution >= 0.6 is 0 Å². The van der Waals surface area contributed by atoms with Crippen molar-refractivity contribution in [3.05, 3.63) is 47.2 Å². The van der Waals surface area contributed by atoms with Gasteiger partial charge in [0.1, 0.15) is 0 Å². The minimum atomic E-state index is -4.55. The van der Waals surface area contributed by atoms with Gasteiger partial charge in [-0.3, -0.25) is 4.79 Å². The summed E-state index contributed by atoms with van der Waals surface area (Å²) < 4.78 is 46.5. The average molecular weight is 473 g/mol. The molecule has 2 fully saturated rings. The molecule has 6 nitrogen and oxygen atoms in total. The van der Waals surface area contributed by atoms with Crippen LogP contribution in [0.1, 0.15) is 54.2 Å². The highest BCUT2D eigenvalue weighted by Crippen LogP contribution is 2.39. The first-order valence-corrected chi connectivity index (χ1v) is 11.8. The quantitative estimate of drug-likeness (QED) is 0.504. The Hall–Kier alpha value is -2.94. The summed E-state index contributed by atoms with van der Waals surface area (Å²) in [4.78, 5) is 22.7. The standard InChI is InChI=1S/C25H27F3N4O2/c1-3-31-12-10-17(11-13-31)32(16-8-9-16)24(33)19-14-21(29-23-22(19)15(2)30-34-23)18-6-4-5-7-20(18)25(26,27)28/h4-7,14,16-17H,3,8-13H2,1-2H3. The second-order valence-corrected chi connectivity index (χ2v) is 9.16. The Kier molecular flexibility index (Phi) is 5.83. The predicted octanol–water partition coefficient (Wildman–Crippen LogP) is 5.31. The Morgan fingerprint density at radius 2 is 1.82 bits per heavy atom. The minimum absolute atomic E-state index is 0.0523. The fraction of sp³-hybridized carbons (Fsp3) is 0.480. The zero-order chi connectivity index (χ0) is 24.0. The maximum absolute atomic E-state index is 14.0. The van der Waals surface area contributed by atoms with Crippen molar-refractivity contribution in [2.75, 3.05) is 19.6 Å². The lowest BCUT2D eigenvalue weighted by molar-refractivity contribution is -0.137. The number of carbonyl (C=O) groups is 1. The molecular weight excluding hydrogens is 445 g/mol. The summed E-state index contributed by atoms with van der Waals surface area (Å²) in [5.74, 6) is -0.179. The van der Waals surface area contributed by atoms with Crippen LogP contribution in [-0.2, 0) is 6.18 Å². The number of benzene rings is 1. The lowest BCUT2D eigenvalue weighted by Crippen LogP contribution is -2.48. The highest BCUT2D eigenvalue weighted by molar-refractivity contribution is 6.07. The number of fused-ring (bicyclic) bond motifs is 1. The van der Waals surface area contributed by atoms with E-state index in [-0.39, 0.29) is 35.0 Å². The lowest BCUT2D eigenvalue weighted by atomic mass is 9.98. The number of carbonyl (C=O) groups excluding carboxylic acids is 1. The number of piperidine rings is 1. The molecule has 0 atom stereocenters. The van der Waals surface area contributed by atoms with Gasteiger partial charge in [0.15, 0.2) is 0 Å². The van der Waals surface area contributed by atoms with Crippen LogP contribution in [0.15, 0.2) is 34.9 Å². The molecule has 1 saturated carbocycles. The van der Waals surface area contributed by atoms with Crippen molar-refractivity contribution in [3.63, 3.8) is 0 Å². The molecule has 2 aromatic heterocycles. The topological polar surface area (TPSA) is 62.5 Å². The van der Waals surface area contributed by atoms with E-state index in [1.807, 2.05) is 4.90 Å². The lowest BCUT2D eigenvalue weighted by Gasteiger charge is -2.38. The van der Waals surface area contributed by atoms with Crippen LogP contribution in [0.2, 0.25) is 0 Å². The second kappa shape index (κ2) is 8.69. The molecule has 2 aliphatic rings. The van der Waals surface area contributed by atoms with Crippen LogP contribution in [0.4, 0.5) is 13.2 Å². The van der Waals surface area contributed by atoms with Gasteiger partial charge in [-0.15, -0.1) is 0 Å². The number of alkyl halides is 3. The molecule has 1 aromatic carbocycles. The third-order valence-corrected chi connectivity index (χ3v) is 6.93. The third-order valence-electron chi connectivity index (χ3n) is 6.93. The van der Waals surface area contributed by atoms with Gasteiger partial charge in [-0.2, -0.15) is 13.2 Å². The Bertz CT molecular complexity index is 1210. The van der Waals surface area contributed by atoms with Gasteiger partial charge < -0.3 is 14.3 Å². The number of halogens is 3. The number of hydrogen-bond donors (Lipinski definition) is 0. The van der Waals surface area contributed by atoms with Crippen molar-refractivity contribution in [2.45, 2.75) is 57.8 Å². The number of amides is 1. The van der Waals surface area contributed by atoms with E-state index in [0.717, 1.165) is 51.4 Å². The summed E-state index contributed by atoms with van der Waals surface area (Å²) in [5, 5.41) is 4.43. The SMILES string of the molecule is CCN1CCC(N(C(=O)c2cc(-c3ccccc3C(F)(F)F)nc3onc(C)c23)C2CC2)CC1. The normalized spacial score (nSPS) is 17.9. The molecule has 0 spiro atoms. The van der Waals surface area contributed by atoms with E-state index in [0.29, 0.717) is 16.6 Å². The highest BCUT2D eigenvalue weighted by Gasteiger charge is 2.40.